The van der Waals surface area contributed by atoms with E-state index < -0.39 is 30.2 Å². The van der Waals surface area contributed by atoms with E-state index in [-0.39, 0.29) is 23.0 Å². The molecule has 0 aliphatic heterocycles. The van der Waals surface area contributed by atoms with E-state index >= 15 is 0 Å². The Bertz CT molecular complexity index is 2740. The lowest BCUT2D eigenvalue weighted by Gasteiger charge is -2.09. The maximum atomic E-state index is 8.67. The quantitative estimate of drug-likeness (QED) is 0.221. The minimum Gasteiger partial charge on any atom is -0.456 e. The number of nitrogens with zero attached hydrogens (tertiary/aromatic N) is 3. The Morgan fingerprint density at radius 1 is 0.476 bits per heavy atom. The summed E-state index contributed by atoms with van der Waals surface area (Å²) in [6, 6.07) is 29.0. The third kappa shape index (κ3) is 3.54. The number of hydrogen-bond acceptors (Lipinski definition) is 5. The number of rotatable bonds is 3. The van der Waals surface area contributed by atoms with Crippen molar-refractivity contribution >= 4 is 54.6 Å². The van der Waals surface area contributed by atoms with Gasteiger partial charge in [0.25, 0.3) is 0 Å². The molecule has 3 heterocycles. The zero-order chi connectivity index (χ0) is 32.0. The van der Waals surface area contributed by atoms with Crippen molar-refractivity contribution in [3.63, 3.8) is 0 Å². The van der Waals surface area contributed by atoms with Crippen LogP contribution in [0, 0.1) is 0 Å². The summed E-state index contributed by atoms with van der Waals surface area (Å²) in [5.74, 6) is 0.488. The van der Waals surface area contributed by atoms with Crippen LogP contribution in [-0.4, -0.2) is 15.0 Å². The van der Waals surface area contributed by atoms with E-state index in [1.165, 1.54) is 0 Å². The SMILES string of the molecule is [2H]c1c([2H])c([2H])c(-c2nc(-c3ccc4c(c3)oc3cc5ccccc5cc34)nc(-c3cccc4oc5ccccc5c34)n2)c([2H])c1[2H]. The Morgan fingerprint density at radius 2 is 1.17 bits per heavy atom. The maximum absolute atomic E-state index is 8.67. The summed E-state index contributed by atoms with van der Waals surface area (Å²) >= 11 is 0. The molecule has 0 fully saturated rings. The van der Waals surface area contributed by atoms with Gasteiger partial charge in [0, 0.05) is 38.2 Å². The van der Waals surface area contributed by atoms with Crippen LogP contribution in [0.4, 0.5) is 0 Å². The minimum atomic E-state index is -0.490. The normalized spacial score (nSPS) is 13.5. The Hall–Kier alpha value is -5.81. The largest absolute Gasteiger partial charge is 0.456 e. The van der Waals surface area contributed by atoms with Gasteiger partial charge in [0.15, 0.2) is 17.5 Å². The van der Waals surface area contributed by atoms with Crippen LogP contribution < -0.4 is 0 Å². The lowest BCUT2D eigenvalue weighted by atomic mass is 10.0. The summed E-state index contributed by atoms with van der Waals surface area (Å²) < 4.78 is 54.4. The van der Waals surface area contributed by atoms with Crippen molar-refractivity contribution in [2.24, 2.45) is 0 Å². The Morgan fingerprint density at radius 3 is 2.05 bits per heavy atom. The molecule has 0 unspecified atom stereocenters. The summed E-state index contributed by atoms with van der Waals surface area (Å²) in [4.78, 5) is 14.4. The van der Waals surface area contributed by atoms with Crippen LogP contribution in [0.3, 0.4) is 0 Å². The second-order valence-electron chi connectivity index (χ2n) is 10.1. The average molecular weight is 545 g/mol. The molecule has 0 bridgehead atoms. The molecule has 3 aromatic heterocycles. The first-order valence-electron chi connectivity index (χ1n) is 15.9. The first-order chi connectivity index (χ1) is 22.9. The zero-order valence-corrected chi connectivity index (χ0v) is 21.9. The molecule has 0 saturated heterocycles. The lowest BCUT2D eigenvalue weighted by Crippen LogP contribution is -2.00. The number of furan rings is 2. The van der Waals surface area contributed by atoms with Crippen LogP contribution in [-0.2, 0) is 0 Å². The van der Waals surface area contributed by atoms with Gasteiger partial charge in [-0.3, -0.25) is 0 Å². The molecule has 6 aromatic carbocycles. The summed E-state index contributed by atoms with van der Waals surface area (Å²) in [7, 11) is 0. The summed E-state index contributed by atoms with van der Waals surface area (Å²) in [6.45, 7) is 0. The molecule has 5 heteroatoms. The summed E-state index contributed by atoms with van der Waals surface area (Å²) in [6.07, 6.45) is 0. The number of hydrogen-bond donors (Lipinski definition) is 0. The average Bonchev–Trinajstić information content (AvgIpc) is 3.66. The van der Waals surface area contributed by atoms with Crippen LogP contribution in [0.15, 0.2) is 136 Å². The van der Waals surface area contributed by atoms with Crippen LogP contribution in [0.5, 0.6) is 0 Å². The highest BCUT2D eigenvalue weighted by Gasteiger charge is 2.18. The fraction of sp³-hybridized carbons (Fsp3) is 0. The number of fused-ring (bicyclic) bond motifs is 7. The lowest BCUT2D eigenvalue weighted by molar-refractivity contribution is 0.669. The molecule has 0 radical (unpaired) electrons. The Kier molecular flexibility index (Phi) is 3.90. The second-order valence-corrected chi connectivity index (χ2v) is 10.1. The molecule has 0 spiro atoms. The highest BCUT2D eigenvalue weighted by molar-refractivity contribution is 6.12. The van der Waals surface area contributed by atoms with Crippen LogP contribution in [0.1, 0.15) is 6.85 Å². The van der Waals surface area contributed by atoms with Gasteiger partial charge in [0.2, 0.25) is 0 Å². The van der Waals surface area contributed by atoms with E-state index in [9.17, 15) is 0 Å². The third-order valence-electron chi connectivity index (χ3n) is 7.60. The first kappa shape index (κ1) is 18.5. The fourth-order valence-corrected chi connectivity index (χ4v) is 5.66. The van der Waals surface area contributed by atoms with E-state index in [1.54, 1.807) is 0 Å². The molecule has 5 nitrogen and oxygen atoms in total. The molecule has 42 heavy (non-hydrogen) atoms. The minimum absolute atomic E-state index is 0.0391. The molecule has 9 aromatic rings. The van der Waals surface area contributed by atoms with Gasteiger partial charge in [-0.2, -0.15) is 0 Å². The van der Waals surface area contributed by atoms with Crippen molar-refractivity contribution in [1.82, 2.24) is 15.0 Å². The van der Waals surface area contributed by atoms with Crippen LogP contribution in [0.25, 0.3) is 88.8 Å². The van der Waals surface area contributed by atoms with Gasteiger partial charge in [-0.15, -0.1) is 0 Å². The van der Waals surface area contributed by atoms with E-state index in [4.69, 9.17) is 30.6 Å². The number of para-hydroxylation sites is 1. The molecule has 9 rings (SSSR count). The van der Waals surface area contributed by atoms with E-state index in [0.29, 0.717) is 27.9 Å². The molecular weight excluding hydrogens is 518 g/mol. The fourth-order valence-electron chi connectivity index (χ4n) is 5.66. The van der Waals surface area contributed by atoms with Gasteiger partial charge >= 0.3 is 0 Å². The smallest absolute Gasteiger partial charge is 0.164 e. The molecule has 0 aliphatic carbocycles. The van der Waals surface area contributed by atoms with Crippen molar-refractivity contribution in [3.05, 3.63) is 127 Å². The standard InChI is InChI=1S/C37H21N3O2/c1-2-9-22(10-3-1)35-38-36(40-37(39-35)28-14-8-16-31-34(28)27-13-6-7-15-30(27)41-31)25-17-18-26-29-19-23-11-4-5-12-24(23)20-33(29)42-32(26)21-25/h1-21H/i1D,2D,3D,9D,10D. The maximum Gasteiger partial charge on any atom is 0.164 e. The van der Waals surface area contributed by atoms with Gasteiger partial charge in [-0.1, -0.05) is 90.9 Å². The van der Waals surface area contributed by atoms with Gasteiger partial charge in [0.1, 0.15) is 22.3 Å². The zero-order valence-electron chi connectivity index (χ0n) is 26.9. The highest BCUT2D eigenvalue weighted by atomic mass is 16.3. The molecule has 0 amide bonds. The van der Waals surface area contributed by atoms with Crippen LogP contribution >= 0.6 is 0 Å². The monoisotopic (exact) mass is 544 g/mol. The predicted octanol–water partition coefficient (Wildman–Crippen LogP) is 9.82. The van der Waals surface area contributed by atoms with Crippen LogP contribution in [0.2, 0.25) is 0 Å². The van der Waals surface area contributed by atoms with Crippen molar-refractivity contribution in [2.45, 2.75) is 0 Å². The summed E-state index contributed by atoms with van der Waals surface area (Å²) in [5.41, 5.74) is 3.90. The molecule has 0 saturated carbocycles. The Balaban J connectivity index is 1.32. The topological polar surface area (TPSA) is 65.0 Å². The third-order valence-corrected chi connectivity index (χ3v) is 7.60. The molecular formula is C37H21N3O2. The molecule has 196 valence electrons. The van der Waals surface area contributed by atoms with Gasteiger partial charge in [-0.05, 0) is 47.2 Å². The van der Waals surface area contributed by atoms with Crippen molar-refractivity contribution < 1.29 is 15.7 Å². The van der Waals surface area contributed by atoms with Gasteiger partial charge in [-0.25, -0.2) is 15.0 Å². The molecule has 0 N–H and O–H groups in total. The van der Waals surface area contributed by atoms with Gasteiger partial charge < -0.3 is 8.83 Å². The highest BCUT2D eigenvalue weighted by Crippen LogP contribution is 2.38. The van der Waals surface area contributed by atoms with Crippen molar-refractivity contribution in [1.29, 1.82) is 0 Å². The van der Waals surface area contributed by atoms with E-state index in [0.717, 1.165) is 37.9 Å². The van der Waals surface area contributed by atoms with Crippen molar-refractivity contribution in [3.8, 4) is 34.2 Å². The molecule has 0 atom stereocenters. The number of benzene rings is 6. The summed E-state index contributed by atoms with van der Waals surface area (Å²) in [5, 5.41) is 5.78. The molecule has 0 aliphatic rings. The second kappa shape index (κ2) is 8.85. The number of aromatic nitrogens is 3. The predicted molar refractivity (Wildman–Crippen MR) is 168 cm³/mol. The van der Waals surface area contributed by atoms with E-state index in [1.807, 2.05) is 84.9 Å². The van der Waals surface area contributed by atoms with Gasteiger partial charge in [0.05, 0.1) is 6.85 Å². The first-order valence-corrected chi connectivity index (χ1v) is 13.4. The van der Waals surface area contributed by atoms with E-state index in [2.05, 4.69) is 12.1 Å². The Labute approximate surface area is 246 Å². The van der Waals surface area contributed by atoms with Crippen molar-refractivity contribution in [2.75, 3.05) is 0 Å².